The molecule has 2 aliphatic rings. The predicted molar refractivity (Wildman–Crippen MR) is 170 cm³/mol. The molecule has 0 aliphatic carbocycles. The Labute approximate surface area is 266 Å². The first-order valence-electron chi connectivity index (χ1n) is 15.4. The average molecular weight is 646 g/mol. The maximum absolute atomic E-state index is 14.2. The number of nitrogens with one attached hydrogen (secondary N) is 1. The molecular weight excluding hydrogens is 598 g/mol. The van der Waals surface area contributed by atoms with Gasteiger partial charge in [0.1, 0.15) is 11.9 Å². The topological polar surface area (TPSA) is 135 Å². The summed E-state index contributed by atoms with van der Waals surface area (Å²) in [6.45, 7) is 5.84. The summed E-state index contributed by atoms with van der Waals surface area (Å²) < 4.78 is 46.5. The van der Waals surface area contributed by atoms with Crippen molar-refractivity contribution in [1.29, 1.82) is 0 Å². The number of sulfonamides is 1. The van der Waals surface area contributed by atoms with Crippen LogP contribution in [0.15, 0.2) is 59.5 Å². The lowest BCUT2D eigenvalue weighted by molar-refractivity contribution is -0.117. The Kier molecular flexibility index (Phi) is 11.6. The van der Waals surface area contributed by atoms with Gasteiger partial charge in [-0.05, 0) is 55.4 Å². The Bertz CT molecular complexity index is 1400. The van der Waals surface area contributed by atoms with Crippen LogP contribution in [0.1, 0.15) is 45.6 Å². The van der Waals surface area contributed by atoms with Gasteiger partial charge in [-0.3, -0.25) is 0 Å². The highest BCUT2D eigenvalue weighted by Crippen LogP contribution is 2.33. The number of nitrogens with zero attached hydrogens (tertiary/aromatic N) is 2. The lowest BCUT2D eigenvalue weighted by Crippen LogP contribution is -2.52. The van der Waals surface area contributed by atoms with Crippen molar-refractivity contribution >= 4 is 27.6 Å². The highest BCUT2D eigenvalue weighted by molar-refractivity contribution is 7.89. The number of Topliss-reactive ketones (excluding diaryl/α,β-unsaturated/α-hetero) is 1. The summed E-state index contributed by atoms with van der Waals surface area (Å²) in [7, 11) is -0.444. The minimum atomic E-state index is -4.10. The summed E-state index contributed by atoms with van der Waals surface area (Å²) in [5.74, 6) is -0.0333. The zero-order valence-corrected chi connectivity index (χ0v) is 27.7. The number of rotatable bonds is 15. The number of aliphatic hydroxyl groups is 1. The summed E-state index contributed by atoms with van der Waals surface area (Å²) in [6.07, 6.45) is -1.14. The van der Waals surface area contributed by atoms with Crippen molar-refractivity contribution in [3.8, 4) is 0 Å². The van der Waals surface area contributed by atoms with Gasteiger partial charge in [0.15, 0.2) is 6.29 Å². The van der Waals surface area contributed by atoms with Crippen LogP contribution in [-0.2, 0) is 35.4 Å². The normalized spacial score (nSPS) is 21.3. The average Bonchev–Trinajstić information content (AvgIpc) is 3.61. The van der Waals surface area contributed by atoms with E-state index in [4.69, 9.17) is 14.2 Å². The van der Waals surface area contributed by atoms with Crippen LogP contribution in [0.2, 0.25) is 0 Å². The van der Waals surface area contributed by atoms with Crippen molar-refractivity contribution in [2.24, 2.45) is 11.3 Å². The summed E-state index contributed by atoms with van der Waals surface area (Å²) in [6, 6.07) is 15.1. The number of hydrogen-bond acceptors (Lipinski definition) is 9. The van der Waals surface area contributed by atoms with E-state index in [0.29, 0.717) is 25.1 Å². The number of carbonyl (C=O) groups is 2. The SMILES string of the molecule is CC(=O)CCC(C)(C)CN(C[C@@H](O)[C@H](Cc1ccccc1)NC(=O)O[C@H]1CO[C@H]2OCCC21)S(=O)(=O)c1cccc(N(C)C)c1. The van der Waals surface area contributed by atoms with Crippen molar-refractivity contribution in [3.63, 3.8) is 0 Å². The van der Waals surface area contributed by atoms with E-state index in [1.54, 1.807) is 12.1 Å². The van der Waals surface area contributed by atoms with Gasteiger partial charge in [-0.1, -0.05) is 50.2 Å². The molecule has 2 saturated heterocycles. The number of carbonyl (C=O) groups excluding carboxylic acids is 2. The van der Waals surface area contributed by atoms with Gasteiger partial charge in [-0.15, -0.1) is 0 Å². The van der Waals surface area contributed by atoms with Crippen molar-refractivity contribution in [3.05, 3.63) is 60.2 Å². The zero-order valence-electron chi connectivity index (χ0n) is 26.8. The van der Waals surface area contributed by atoms with Crippen molar-refractivity contribution < 1.29 is 37.3 Å². The van der Waals surface area contributed by atoms with Gasteiger partial charge in [0, 0.05) is 39.3 Å². The molecule has 1 unspecified atom stereocenters. The third kappa shape index (κ3) is 9.49. The molecule has 2 fully saturated rings. The number of alkyl carbamates (subject to hydrolysis) is 1. The molecule has 2 N–H and O–H groups in total. The molecule has 2 aromatic rings. The van der Waals surface area contributed by atoms with E-state index in [-0.39, 0.29) is 49.0 Å². The van der Waals surface area contributed by atoms with Gasteiger partial charge in [0.25, 0.3) is 0 Å². The first kappa shape index (κ1) is 34.8. The molecule has 248 valence electrons. The number of amides is 1. The highest BCUT2D eigenvalue weighted by atomic mass is 32.2. The van der Waals surface area contributed by atoms with E-state index in [9.17, 15) is 23.1 Å². The van der Waals surface area contributed by atoms with Gasteiger partial charge >= 0.3 is 6.09 Å². The number of ether oxygens (including phenoxy) is 3. The largest absolute Gasteiger partial charge is 0.443 e. The molecule has 4 rings (SSSR count). The fourth-order valence-corrected chi connectivity index (χ4v) is 7.43. The maximum atomic E-state index is 14.2. The van der Waals surface area contributed by atoms with Crippen LogP contribution >= 0.6 is 0 Å². The fraction of sp³-hybridized carbons (Fsp3) is 0.576. The fourth-order valence-electron chi connectivity index (χ4n) is 5.75. The Morgan fingerprint density at radius 1 is 1.11 bits per heavy atom. The predicted octanol–water partition coefficient (Wildman–Crippen LogP) is 3.60. The number of benzene rings is 2. The molecule has 11 nitrogen and oxygen atoms in total. The van der Waals surface area contributed by atoms with Crippen molar-refractivity contribution in [2.75, 3.05) is 45.3 Å². The van der Waals surface area contributed by atoms with Crippen LogP contribution in [0.25, 0.3) is 0 Å². The van der Waals surface area contributed by atoms with Crippen LogP contribution in [0, 0.1) is 11.3 Å². The molecule has 0 radical (unpaired) electrons. The smallest absolute Gasteiger partial charge is 0.407 e. The molecule has 0 aromatic heterocycles. The number of hydrogen-bond donors (Lipinski definition) is 2. The van der Waals surface area contributed by atoms with Crippen molar-refractivity contribution in [2.45, 2.75) is 75.9 Å². The monoisotopic (exact) mass is 645 g/mol. The Morgan fingerprint density at radius 2 is 1.84 bits per heavy atom. The molecule has 2 aliphatic heterocycles. The Balaban J connectivity index is 1.59. The van der Waals surface area contributed by atoms with E-state index >= 15 is 0 Å². The van der Waals surface area contributed by atoms with Gasteiger partial charge < -0.3 is 34.3 Å². The molecule has 1 amide bonds. The van der Waals surface area contributed by atoms with E-state index in [1.807, 2.05) is 69.2 Å². The molecule has 5 atom stereocenters. The summed E-state index contributed by atoms with van der Waals surface area (Å²) in [5.41, 5.74) is 0.983. The zero-order chi connectivity index (χ0) is 32.8. The van der Waals surface area contributed by atoms with Crippen LogP contribution in [0.4, 0.5) is 10.5 Å². The number of ketones is 1. The second-order valence-electron chi connectivity index (χ2n) is 13.0. The molecule has 0 bridgehead atoms. The molecule has 0 spiro atoms. The molecule has 2 heterocycles. The van der Waals surface area contributed by atoms with Gasteiger partial charge in [-0.2, -0.15) is 4.31 Å². The third-order valence-corrected chi connectivity index (χ3v) is 10.2. The van der Waals surface area contributed by atoms with E-state index in [2.05, 4.69) is 5.32 Å². The van der Waals surface area contributed by atoms with E-state index < -0.39 is 39.8 Å². The molecule has 12 heteroatoms. The summed E-state index contributed by atoms with van der Waals surface area (Å²) >= 11 is 0. The highest BCUT2D eigenvalue weighted by Gasteiger charge is 2.44. The molecule has 0 saturated carbocycles. The minimum Gasteiger partial charge on any atom is -0.443 e. The first-order chi connectivity index (χ1) is 21.2. The quantitative estimate of drug-likeness (QED) is 0.298. The second kappa shape index (κ2) is 15.0. The minimum absolute atomic E-state index is 0.0185. The Hall–Kier alpha value is -3.03. The number of aliphatic hydroxyl groups excluding tert-OH is 1. The number of fused-ring (bicyclic) bond motifs is 1. The van der Waals surface area contributed by atoms with E-state index in [0.717, 1.165) is 12.0 Å². The molecule has 2 aromatic carbocycles. The van der Waals surface area contributed by atoms with Crippen LogP contribution in [0.3, 0.4) is 0 Å². The lowest BCUT2D eigenvalue weighted by Gasteiger charge is -2.35. The van der Waals surface area contributed by atoms with Gasteiger partial charge in [0.2, 0.25) is 10.0 Å². The second-order valence-corrected chi connectivity index (χ2v) is 15.0. The standard InChI is InChI=1S/C33H47N3O8S/c1-23(37)14-16-33(2,3)22-36(45(40,41)26-13-9-12-25(19-26)35(4)5)20-29(38)28(18-24-10-7-6-8-11-24)34-32(39)44-30-21-43-31-27(30)15-17-42-31/h6-13,19,27-31,38H,14-18,20-22H2,1-5H3,(H,34,39)/t27?,28-,29+,30-,31+/m0/s1. The lowest BCUT2D eigenvalue weighted by atomic mass is 9.87. The third-order valence-electron chi connectivity index (χ3n) is 8.43. The molecule has 45 heavy (non-hydrogen) atoms. The van der Waals surface area contributed by atoms with Crippen molar-refractivity contribution in [1.82, 2.24) is 9.62 Å². The maximum Gasteiger partial charge on any atom is 0.407 e. The Morgan fingerprint density at radius 3 is 2.53 bits per heavy atom. The van der Waals surface area contributed by atoms with Crippen LogP contribution < -0.4 is 10.2 Å². The van der Waals surface area contributed by atoms with Gasteiger partial charge in [-0.25, -0.2) is 13.2 Å². The molecular formula is C33H47N3O8S. The number of anilines is 1. The van der Waals surface area contributed by atoms with Gasteiger partial charge in [0.05, 0.1) is 36.2 Å². The summed E-state index contributed by atoms with van der Waals surface area (Å²) in [5, 5.41) is 14.5. The van der Waals surface area contributed by atoms with Crippen LogP contribution in [0.5, 0.6) is 0 Å². The van der Waals surface area contributed by atoms with Crippen LogP contribution in [-0.4, -0.2) is 94.6 Å². The first-order valence-corrected chi connectivity index (χ1v) is 16.9. The summed E-state index contributed by atoms with van der Waals surface area (Å²) in [4.78, 5) is 26.9. The van der Waals surface area contributed by atoms with E-state index in [1.165, 1.54) is 17.3 Å².